The number of H-pyrrole nitrogens is 1. The summed E-state index contributed by atoms with van der Waals surface area (Å²) >= 11 is 0. The first-order chi connectivity index (χ1) is 17.0. The van der Waals surface area contributed by atoms with Gasteiger partial charge >= 0.3 is 12.4 Å². The van der Waals surface area contributed by atoms with E-state index in [1.165, 1.54) is 16.9 Å². The van der Waals surface area contributed by atoms with Crippen LogP contribution in [0.4, 0.5) is 32.0 Å². The van der Waals surface area contributed by atoms with E-state index in [0.29, 0.717) is 34.2 Å². The first-order valence-electron chi connectivity index (χ1n) is 10.3. The maximum absolute atomic E-state index is 13.5. The van der Waals surface area contributed by atoms with Crippen LogP contribution in [0.1, 0.15) is 16.9 Å². The van der Waals surface area contributed by atoms with E-state index in [0.717, 1.165) is 6.07 Å². The molecular formula is C23H15F6N6O+. The number of benzene rings is 2. The number of anilines is 1. The maximum Gasteiger partial charge on any atom is 0.417 e. The Kier molecular flexibility index (Phi) is 5.42. The van der Waals surface area contributed by atoms with Crippen LogP contribution >= 0.6 is 0 Å². The first kappa shape index (κ1) is 23.3. The zero-order valence-corrected chi connectivity index (χ0v) is 18.0. The number of halogens is 6. The van der Waals surface area contributed by atoms with Crippen molar-refractivity contribution in [2.45, 2.75) is 18.9 Å². The Labute approximate surface area is 198 Å². The van der Waals surface area contributed by atoms with Gasteiger partial charge in [0.25, 0.3) is 0 Å². The average Bonchev–Trinajstić information content (AvgIpc) is 3.44. The number of hydrogen-bond acceptors (Lipinski definition) is 5. The molecule has 7 nitrogen and oxygen atoms in total. The lowest BCUT2D eigenvalue weighted by molar-refractivity contribution is -0.746. The van der Waals surface area contributed by atoms with Gasteiger partial charge in [0.05, 0.1) is 11.1 Å². The molecule has 0 aliphatic carbocycles. The number of para-hydroxylation sites is 1. The van der Waals surface area contributed by atoms with Gasteiger partial charge in [-0.2, -0.15) is 26.3 Å². The fourth-order valence-electron chi connectivity index (χ4n) is 3.69. The van der Waals surface area contributed by atoms with Crippen molar-refractivity contribution < 1.29 is 35.5 Å². The van der Waals surface area contributed by atoms with E-state index in [1.54, 1.807) is 24.4 Å². The van der Waals surface area contributed by atoms with Crippen molar-refractivity contribution in [1.29, 1.82) is 0 Å². The number of aromatic amines is 1. The molecule has 0 saturated carbocycles. The number of nitrogens with zero attached hydrogens (tertiary/aromatic N) is 4. The molecule has 0 unspecified atom stereocenters. The highest BCUT2D eigenvalue weighted by molar-refractivity contribution is 5.80. The standard InChI is InChI=1S/C23H14F6N6O/c24-22(25,26)12-5-6-14(16(7-12)23(27,28)29)18-8-13(36-34-18)10-35-11-20-19(9-31-35)32-21(33-20)15-3-1-2-4-17(15)30/h1-9,11H,10H2,(H2,30,33)/p+1. The van der Waals surface area contributed by atoms with Gasteiger partial charge in [-0.25, -0.2) is 4.98 Å². The molecule has 0 radical (unpaired) electrons. The Morgan fingerprint density at radius 3 is 2.44 bits per heavy atom. The van der Waals surface area contributed by atoms with E-state index in [-0.39, 0.29) is 24.1 Å². The second kappa shape index (κ2) is 8.36. The van der Waals surface area contributed by atoms with Gasteiger partial charge in [0, 0.05) is 22.9 Å². The third-order valence-electron chi connectivity index (χ3n) is 5.39. The molecule has 36 heavy (non-hydrogen) atoms. The highest BCUT2D eigenvalue weighted by Crippen LogP contribution is 2.40. The fraction of sp³-hybridized carbons (Fsp3) is 0.130. The third-order valence-corrected chi connectivity index (χ3v) is 5.39. The van der Waals surface area contributed by atoms with Gasteiger partial charge in [0.1, 0.15) is 28.7 Å². The Morgan fingerprint density at radius 1 is 0.944 bits per heavy atom. The molecule has 0 fully saturated rings. The molecule has 0 aliphatic heterocycles. The summed E-state index contributed by atoms with van der Waals surface area (Å²) in [6.45, 7) is -0.00719. The van der Waals surface area contributed by atoms with Gasteiger partial charge < -0.3 is 15.2 Å². The lowest BCUT2D eigenvalue weighted by Crippen LogP contribution is -2.37. The number of rotatable bonds is 4. The van der Waals surface area contributed by atoms with Crippen LogP contribution in [0.3, 0.4) is 0 Å². The normalized spacial score (nSPS) is 12.4. The number of nitrogens with one attached hydrogen (secondary N) is 1. The van der Waals surface area contributed by atoms with E-state index in [2.05, 4.69) is 20.2 Å². The van der Waals surface area contributed by atoms with Crippen molar-refractivity contribution in [1.82, 2.24) is 20.2 Å². The summed E-state index contributed by atoms with van der Waals surface area (Å²) in [6.07, 6.45) is -6.85. The molecule has 3 N–H and O–H groups in total. The molecule has 3 aromatic heterocycles. The van der Waals surface area contributed by atoms with Crippen LogP contribution in [0.15, 0.2) is 65.4 Å². The van der Waals surface area contributed by atoms with Crippen LogP contribution in [0.2, 0.25) is 0 Å². The molecule has 0 spiro atoms. The fourth-order valence-corrected chi connectivity index (χ4v) is 3.69. The Hall–Kier alpha value is -4.42. The molecule has 3 heterocycles. The van der Waals surface area contributed by atoms with Gasteiger partial charge in [-0.1, -0.05) is 28.0 Å². The molecule has 0 saturated heterocycles. The molecule has 5 aromatic rings. The van der Waals surface area contributed by atoms with Gasteiger partial charge in [-0.15, -0.1) is 0 Å². The number of hydrogen-bond donors (Lipinski definition) is 2. The molecule has 5 rings (SSSR count). The van der Waals surface area contributed by atoms with Crippen LogP contribution in [0, 0.1) is 0 Å². The number of aromatic nitrogens is 5. The van der Waals surface area contributed by atoms with Gasteiger partial charge in [-0.05, 0) is 29.4 Å². The third kappa shape index (κ3) is 4.46. The summed E-state index contributed by atoms with van der Waals surface area (Å²) < 4.78 is 85.9. The minimum Gasteiger partial charge on any atom is -0.398 e. The highest BCUT2D eigenvalue weighted by atomic mass is 19.4. The van der Waals surface area contributed by atoms with Crippen LogP contribution in [-0.2, 0) is 18.9 Å². The van der Waals surface area contributed by atoms with Gasteiger partial charge in [-0.3, -0.25) is 0 Å². The predicted octanol–water partition coefficient (Wildman–Crippen LogP) is 5.24. The van der Waals surface area contributed by atoms with E-state index in [9.17, 15) is 26.3 Å². The zero-order valence-electron chi connectivity index (χ0n) is 18.0. The minimum atomic E-state index is -5.03. The molecule has 0 atom stereocenters. The summed E-state index contributed by atoms with van der Waals surface area (Å²) in [5.41, 5.74) is 4.75. The lowest BCUT2D eigenvalue weighted by atomic mass is 10.0. The summed E-state index contributed by atoms with van der Waals surface area (Å²) in [5.74, 6) is 0.675. The Morgan fingerprint density at radius 2 is 1.72 bits per heavy atom. The number of imidazole rings is 1. The van der Waals surface area contributed by atoms with Gasteiger partial charge in [0.2, 0.25) is 18.5 Å². The predicted molar refractivity (Wildman–Crippen MR) is 115 cm³/mol. The monoisotopic (exact) mass is 505 g/mol. The first-order valence-corrected chi connectivity index (χ1v) is 10.3. The average molecular weight is 505 g/mol. The van der Waals surface area contributed by atoms with Crippen LogP contribution < -0.4 is 10.4 Å². The number of nitrogen functional groups attached to an aromatic ring is 1. The second-order valence-corrected chi connectivity index (χ2v) is 7.88. The summed E-state index contributed by atoms with van der Waals surface area (Å²) in [7, 11) is 0. The van der Waals surface area contributed by atoms with Crippen molar-refractivity contribution in [3.8, 4) is 22.6 Å². The lowest BCUT2D eigenvalue weighted by Gasteiger charge is -2.14. The summed E-state index contributed by atoms with van der Waals surface area (Å²) in [5, 5.41) is 7.85. The topological polar surface area (TPSA) is 97.5 Å². The van der Waals surface area contributed by atoms with Crippen molar-refractivity contribution >= 4 is 16.7 Å². The van der Waals surface area contributed by atoms with E-state index >= 15 is 0 Å². The number of alkyl halides is 6. The largest absolute Gasteiger partial charge is 0.417 e. The second-order valence-electron chi connectivity index (χ2n) is 7.88. The minimum absolute atomic E-state index is 0.00719. The molecule has 184 valence electrons. The van der Waals surface area contributed by atoms with Crippen molar-refractivity contribution in [2.24, 2.45) is 0 Å². The number of fused-ring (bicyclic) bond motifs is 1. The summed E-state index contributed by atoms with van der Waals surface area (Å²) in [6, 6.07) is 9.74. The van der Waals surface area contributed by atoms with Crippen molar-refractivity contribution in [3.05, 3.63) is 77.8 Å². The maximum atomic E-state index is 13.5. The van der Waals surface area contributed by atoms with Crippen LogP contribution in [-0.4, -0.2) is 20.2 Å². The zero-order chi connectivity index (χ0) is 25.7. The molecule has 0 bridgehead atoms. The molecule has 13 heteroatoms. The summed E-state index contributed by atoms with van der Waals surface area (Å²) in [4.78, 5) is 7.60. The SMILES string of the molecule is Nc1ccccc1-c1nc2cn[n+](Cc3cc(-c4ccc(C(F)(F)F)cc4C(F)(F)F)no3)cc2[nH]1. The van der Waals surface area contributed by atoms with Crippen LogP contribution in [0.5, 0.6) is 0 Å². The van der Waals surface area contributed by atoms with Crippen LogP contribution in [0.25, 0.3) is 33.7 Å². The van der Waals surface area contributed by atoms with E-state index < -0.39 is 29.0 Å². The van der Waals surface area contributed by atoms with Crippen molar-refractivity contribution in [2.75, 3.05) is 5.73 Å². The molecule has 0 aliphatic rings. The molecular weight excluding hydrogens is 490 g/mol. The number of nitrogens with two attached hydrogens (primary N) is 1. The van der Waals surface area contributed by atoms with Crippen molar-refractivity contribution in [3.63, 3.8) is 0 Å². The molecule has 0 amide bonds. The highest BCUT2D eigenvalue weighted by Gasteiger charge is 2.39. The Bertz CT molecular complexity index is 1570. The van der Waals surface area contributed by atoms with Gasteiger partial charge in [0.15, 0.2) is 0 Å². The smallest absolute Gasteiger partial charge is 0.398 e. The van der Waals surface area contributed by atoms with E-state index in [1.807, 2.05) is 6.07 Å². The van der Waals surface area contributed by atoms with E-state index in [4.69, 9.17) is 10.3 Å². The molecule has 2 aromatic carbocycles. The Balaban J connectivity index is 1.44. The quantitative estimate of drug-likeness (QED) is 0.198.